The van der Waals surface area contributed by atoms with Gasteiger partial charge in [0.2, 0.25) is 0 Å². The number of carbonyl (C=O) groups is 1. The molecule has 2 heterocycles. The molecule has 0 atom stereocenters. The van der Waals surface area contributed by atoms with Crippen LogP contribution in [0.15, 0.2) is 39.7 Å². The molecule has 0 fully saturated rings. The zero-order chi connectivity index (χ0) is 18.7. The number of alkyl halides is 3. The average Bonchev–Trinajstić information content (AvgIpc) is 3.16. The van der Waals surface area contributed by atoms with Gasteiger partial charge in [-0.05, 0) is 12.1 Å². The fourth-order valence-electron chi connectivity index (χ4n) is 2.52. The number of benzene rings is 1. The Morgan fingerprint density at radius 1 is 1.31 bits per heavy atom. The van der Waals surface area contributed by atoms with Crippen LogP contribution >= 0.6 is 0 Å². The van der Waals surface area contributed by atoms with Crippen molar-refractivity contribution in [3.63, 3.8) is 0 Å². The summed E-state index contributed by atoms with van der Waals surface area (Å²) in [6, 6.07) is 6.77. The van der Waals surface area contributed by atoms with Crippen molar-refractivity contribution in [3.8, 4) is 0 Å². The Hall–Kier alpha value is -3.04. The van der Waals surface area contributed by atoms with Crippen LogP contribution in [0.25, 0.3) is 11.1 Å². The second-order valence-corrected chi connectivity index (χ2v) is 5.48. The fourth-order valence-corrected chi connectivity index (χ4v) is 2.52. The maximum atomic E-state index is 12.7. The van der Waals surface area contributed by atoms with E-state index < -0.39 is 23.6 Å². The smallest absolute Gasteiger partial charge is 0.433 e. The number of ether oxygens (including phenoxy) is 1. The third kappa shape index (κ3) is 3.79. The standard InChI is InChI=1S/C16H14F3N3O4/c17-16(18,19)14-10(9-20-21-14)6-8-25-13(23)5-7-22-11-3-1-2-4-12(11)26-15(22)24/h1-4,9H,5-8H2,(H,20,21). The van der Waals surface area contributed by atoms with Gasteiger partial charge >= 0.3 is 17.9 Å². The van der Waals surface area contributed by atoms with Gasteiger partial charge in [0.25, 0.3) is 0 Å². The predicted molar refractivity (Wildman–Crippen MR) is 83.3 cm³/mol. The summed E-state index contributed by atoms with van der Waals surface area (Å²) in [6.07, 6.45) is -3.72. The van der Waals surface area contributed by atoms with E-state index in [0.717, 1.165) is 6.20 Å². The molecule has 26 heavy (non-hydrogen) atoms. The van der Waals surface area contributed by atoms with Crippen molar-refractivity contribution in [2.24, 2.45) is 0 Å². The number of fused-ring (bicyclic) bond motifs is 1. The maximum Gasteiger partial charge on any atom is 0.433 e. The summed E-state index contributed by atoms with van der Waals surface area (Å²) in [5.41, 5.74) is -0.0728. The molecule has 1 N–H and O–H groups in total. The van der Waals surface area contributed by atoms with E-state index in [1.54, 1.807) is 24.3 Å². The van der Waals surface area contributed by atoms with E-state index in [0.29, 0.717) is 11.1 Å². The largest absolute Gasteiger partial charge is 0.465 e. The Balaban J connectivity index is 1.53. The highest BCUT2D eigenvalue weighted by Crippen LogP contribution is 2.30. The van der Waals surface area contributed by atoms with E-state index >= 15 is 0 Å². The van der Waals surface area contributed by atoms with Gasteiger partial charge in [0.1, 0.15) is 5.69 Å². The van der Waals surface area contributed by atoms with E-state index in [9.17, 15) is 22.8 Å². The van der Waals surface area contributed by atoms with Crippen LogP contribution in [0.3, 0.4) is 0 Å². The Bertz CT molecular complexity index is 971. The topological polar surface area (TPSA) is 90.1 Å². The number of aryl methyl sites for hydroxylation is 1. The minimum Gasteiger partial charge on any atom is -0.465 e. The minimum atomic E-state index is -4.54. The van der Waals surface area contributed by atoms with Gasteiger partial charge in [0.05, 0.1) is 24.7 Å². The molecule has 0 unspecified atom stereocenters. The fraction of sp³-hybridized carbons (Fsp3) is 0.312. The molecule has 3 aromatic rings. The molecule has 0 spiro atoms. The Labute approximate surface area is 144 Å². The number of oxazole rings is 1. The van der Waals surface area contributed by atoms with Crippen molar-refractivity contribution in [1.29, 1.82) is 0 Å². The van der Waals surface area contributed by atoms with Gasteiger partial charge in [-0.1, -0.05) is 12.1 Å². The quantitative estimate of drug-likeness (QED) is 0.675. The number of nitrogens with zero attached hydrogens (tertiary/aromatic N) is 2. The molecular formula is C16H14F3N3O4. The number of para-hydroxylation sites is 2. The highest BCUT2D eigenvalue weighted by molar-refractivity contribution is 5.73. The lowest BCUT2D eigenvalue weighted by atomic mass is 10.2. The first-order chi connectivity index (χ1) is 12.4. The van der Waals surface area contributed by atoms with Gasteiger partial charge in [-0.3, -0.25) is 14.5 Å². The first-order valence-corrected chi connectivity index (χ1v) is 7.69. The molecule has 2 aromatic heterocycles. The lowest BCUT2D eigenvalue weighted by Gasteiger charge is -2.08. The molecule has 3 rings (SSSR count). The number of nitrogens with one attached hydrogen (secondary N) is 1. The predicted octanol–water partition coefficient (Wildman–Crippen LogP) is 2.51. The number of aromatic amines is 1. The van der Waals surface area contributed by atoms with Crippen LogP contribution in [0.4, 0.5) is 13.2 Å². The van der Waals surface area contributed by atoms with Crippen LogP contribution in [0.5, 0.6) is 0 Å². The van der Waals surface area contributed by atoms with Crippen LogP contribution in [-0.4, -0.2) is 27.3 Å². The summed E-state index contributed by atoms with van der Waals surface area (Å²) < 4.78 is 49.4. The van der Waals surface area contributed by atoms with Gasteiger partial charge in [0, 0.05) is 18.5 Å². The third-order valence-electron chi connectivity index (χ3n) is 3.75. The summed E-state index contributed by atoms with van der Waals surface area (Å²) in [5, 5.41) is 5.25. The van der Waals surface area contributed by atoms with Crippen molar-refractivity contribution >= 4 is 17.1 Å². The SMILES string of the molecule is O=C(CCn1c(=O)oc2ccccc21)OCCc1cn[nH]c1C(F)(F)F. The maximum absolute atomic E-state index is 12.7. The van der Waals surface area contributed by atoms with Crippen molar-refractivity contribution in [2.45, 2.75) is 25.6 Å². The van der Waals surface area contributed by atoms with E-state index in [-0.39, 0.29) is 31.6 Å². The number of rotatable bonds is 6. The lowest BCUT2D eigenvalue weighted by Crippen LogP contribution is -2.18. The van der Waals surface area contributed by atoms with Crippen LogP contribution in [-0.2, 0) is 28.7 Å². The molecule has 10 heteroatoms. The summed E-state index contributed by atoms with van der Waals surface area (Å²) >= 11 is 0. The average molecular weight is 369 g/mol. The van der Waals surface area contributed by atoms with E-state index in [1.165, 1.54) is 4.57 Å². The highest BCUT2D eigenvalue weighted by atomic mass is 19.4. The van der Waals surface area contributed by atoms with E-state index in [4.69, 9.17) is 9.15 Å². The van der Waals surface area contributed by atoms with Gasteiger partial charge < -0.3 is 9.15 Å². The lowest BCUT2D eigenvalue weighted by molar-refractivity contribution is -0.144. The van der Waals surface area contributed by atoms with E-state index in [2.05, 4.69) is 5.10 Å². The summed E-state index contributed by atoms with van der Waals surface area (Å²) in [7, 11) is 0. The second-order valence-electron chi connectivity index (χ2n) is 5.48. The van der Waals surface area contributed by atoms with Crippen LogP contribution < -0.4 is 5.76 Å². The molecule has 0 radical (unpaired) electrons. The Kier molecular flexibility index (Phi) is 4.83. The zero-order valence-electron chi connectivity index (χ0n) is 13.4. The molecule has 0 amide bonds. The molecule has 0 saturated carbocycles. The Morgan fingerprint density at radius 3 is 2.85 bits per heavy atom. The molecule has 0 aliphatic heterocycles. The van der Waals surface area contributed by atoms with Crippen molar-refractivity contribution < 1.29 is 27.1 Å². The minimum absolute atomic E-state index is 0.0498. The number of carbonyl (C=O) groups excluding carboxylic acids is 1. The number of halogens is 3. The first-order valence-electron chi connectivity index (χ1n) is 7.69. The molecule has 7 nitrogen and oxygen atoms in total. The number of esters is 1. The summed E-state index contributed by atoms with van der Waals surface area (Å²) in [4.78, 5) is 23.6. The normalized spacial score (nSPS) is 11.8. The number of aromatic nitrogens is 3. The molecule has 1 aromatic carbocycles. The second kappa shape index (κ2) is 7.06. The van der Waals surface area contributed by atoms with Crippen molar-refractivity contribution in [2.75, 3.05) is 6.61 Å². The van der Waals surface area contributed by atoms with E-state index in [1.807, 2.05) is 5.10 Å². The van der Waals surface area contributed by atoms with Gasteiger partial charge in [-0.15, -0.1) is 0 Å². The first kappa shape index (κ1) is 17.8. The van der Waals surface area contributed by atoms with Crippen LogP contribution in [0.1, 0.15) is 17.7 Å². The van der Waals surface area contributed by atoms with Gasteiger partial charge in [-0.2, -0.15) is 18.3 Å². The highest BCUT2D eigenvalue weighted by Gasteiger charge is 2.35. The number of hydrogen-bond donors (Lipinski definition) is 1. The number of hydrogen-bond acceptors (Lipinski definition) is 5. The monoisotopic (exact) mass is 369 g/mol. The molecule has 0 saturated heterocycles. The summed E-state index contributed by atoms with van der Waals surface area (Å²) in [5.74, 6) is -1.22. The molecule has 138 valence electrons. The zero-order valence-corrected chi connectivity index (χ0v) is 13.4. The van der Waals surface area contributed by atoms with Crippen LogP contribution in [0, 0.1) is 0 Å². The summed E-state index contributed by atoms with van der Waals surface area (Å²) in [6.45, 7) is -0.170. The molecule has 0 aliphatic rings. The van der Waals surface area contributed by atoms with Crippen LogP contribution in [0.2, 0.25) is 0 Å². The molecule has 0 aliphatic carbocycles. The number of H-pyrrole nitrogens is 1. The third-order valence-corrected chi connectivity index (χ3v) is 3.75. The van der Waals surface area contributed by atoms with Gasteiger partial charge in [0.15, 0.2) is 5.58 Å². The Morgan fingerprint density at radius 2 is 2.08 bits per heavy atom. The molecular weight excluding hydrogens is 355 g/mol. The van der Waals surface area contributed by atoms with Crippen molar-refractivity contribution in [1.82, 2.24) is 14.8 Å². The van der Waals surface area contributed by atoms with Crippen molar-refractivity contribution in [3.05, 3.63) is 52.3 Å². The molecule has 0 bridgehead atoms. The van der Waals surface area contributed by atoms with Gasteiger partial charge in [-0.25, -0.2) is 4.79 Å².